The largest absolute Gasteiger partial charge is 0.435 e. The second-order valence-corrected chi connectivity index (χ2v) is 3.55. The topological polar surface area (TPSA) is 38.3 Å². The Morgan fingerprint density at radius 1 is 1.25 bits per heavy atom. The normalized spacial score (nSPS) is 10.6. The van der Waals surface area contributed by atoms with Crippen LogP contribution in [0.25, 0.3) is 0 Å². The van der Waals surface area contributed by atoms with Gasteiger partial charge in [0.25, 0.3) is 0 Å². The van der Waals surface area contributed by atoms with Crippen LogP contribution in [0, 0.1) is 5.92 Å². The Kier molecular flexibility index (Phi) is 4.22. The molecule has 0 radical (unpaired) electrons. The first-order valence-electron chi connectivity index (χ1n) is 4.85. The van der Waals surface area contributed by atoms with Crippen molar-refractivity contribution in [3.05, 3.63) is 24.3 Å². The maximum atomic E-state index is 11.8. The first-order valence-corrected chi connectivity index (χ1v) is 4.85. The van der Waals surface area contributed by atoms with Crippen LogP contribution in [0.3, 0.4) is 0 Å². The molecule has 1 rings (SSSR count). The zero-order valence-corrected chi connectivity index (χ0v) is 9.04. The fourth-order valence-electron chi connectivity index (χ4n) is 1.01. The molecule has 0 aliphatic rings. The molecule has 0 aliphatic heterocycles. The van der Waals surface area contributed by atoms with Gasteiger partial charge in [-0.2, -0.15) is 8.78 Å². The molecule has 5 heteroatoms. The molecule has 1 aromatic rings. The summed E-state index contributed by atoms with van der Waals surface area (Å²) >= 11 is 0. The van der Waals surface area contributed by atoms with Crippen LogP contribution in [-0.4, -0.2) is 12.5 Å². The molecule has 0 spiro atoms. The van der Waals surface area contributed by atoms with Crippen molar-refractivity contribution in [2.24, 2.45) is 5.92 Å². The monoisotopic (exact) mass is 229 g/mol. The van der Waals surface area contributed by atoms with E-state index in [2.05, 4.69) is 10.1 Å². The molecule has 0 saturated heterocycles. The second-order valence-electron chi connectivity index (χ2n) is 3.55. The van der Waals surface area contributed by atoms with E-state index >= 15 is 0 Å². The molecule has 0 atom stereocenters. The number of hydrogen-bond acceptors (Lipinski definition) is 2. The van der Waals surface area contributed by atoms with E-state index in [1.54, 1.807) is 13.8 Å². The van der Waals surface area contributed by atoms with Gasteiger partial charge in [-0.3, -0.25) is 4.79 Å². The average molecular weight is 229 g/mol. The predicted molar refractivity (Wildman–Crippen MR) is 56.5 cm³/mol. The Labute approximate surface area is 92.4 Å². The molecule has 1 aromatic carbocycles. The number of hydrogen-bond donors (Lipinski definition) is 1. The smallest absolute Gasteiger partial charge is 0.387 e. The molecule has 16 heavy (non-hydrogen) atoms. The quantitative estimate of drug-likeness (QED) is 0.862. The summed E-state index contributed by atoms with van der Waals surface area (Å²) in [4.78, 5) is 11.3. The molecule has 0 heterocycles. The van der Waals surface area contributed by atoms with E-state index in [1.807, 2.05) is 0 Å². The molecule has 0 bridgehead atoms. The predicted octanol–water partition coefficient (Wildman–Crippen LogP) is 2.88. The van der Waals surface area contributed by atoms with Crippen LogP contribution in [0.2, 0.25) is 0 Å². The van der Waals surface area contributed by atoms with Gasteiger partial charge in [0.1, 0.15) is 5.75 Å². The van der Waals surface area contributed by atoms with E-state index in [1.165, 1.54) is 24.3 Å². The summed E-state index contributed by atoms with van der Waals surface area (Å²) in [6.45, 7) is 0.698. The van der Waals surface area contributed by atoms with Gasteiger partial charge in [0.2, 0.25) is 5.91 Å². The lowest BCUT2D eigenvalue weighted by molar-refractivity contribution is -0.118. The summed E-state index contributed by atoms with van der Waals surface area (Å²) < 4.78 is 27.9. The van der Waals surface area contributed by atoms with Crippen molar-refractivity contribution >= 4 is 11.6 Å². The number of rotatable bonds is 4. The van der Waals surface area contributed by atoms with Crippen LogP contribution in [0.15, 0.2) is 24.3 Å². The minimum absolute atomic E-state index is 0.0672. The van der Waals surface area contributed by atoms with Crippen molar-refractivity contribution in [2.75, 3.05) is 5.32 Å². The van der Waals surface area contributed by atoms with Gasteiger partial charge < -0.3 is 10.1 Å². The summed E-state index contributed by atoms with van der Waals surface area (Å²) in [6, 6.07) is 5.78. The summed E-state index contributed by atoms with van der Waals surface area (Å²) in [5.41, 5.74) is 0.556. The highest BCUT2D eigenvalue weighted by atomic mass is 19.3. The van der Waals surface area contributed by atoms with Crippen LogP contribution < -0.4 is 10.1 Å². The molecule has 0 aromatic heterocycles. The molecule has 0 aliphatic carbocycles. The lowest BCUT2D eigenvalue weighted by Gasteiger charge is -2.08. The van der Waals surface area contributed by atoms with Crippen LogP contribution in [-0.2, 0) is 4.79 Å². The Morgan fingerprint density at radius 2 is 1.81 bits per heavy atom. The maximum absolute atomic E-state index is 11.8. The Hall–Kier alpha value is -1.65. The second kappa shape index (κ2) is 5.44. The third kappa shape index (κ3) is 3.84. The lowest BCUT2D eigenvalue weighted by Crippen LogP contribution is -2.17. The van der Waals surface area contributed by atoms with Gasteiger partial charge in [-0.15, -0.1) is 0 Å². The van der Waals surface area contributed by atoms with Crippen molar-refractivity contribution in [3.8, 4) is 5.75 Å². The molecule has 0 fully saturated rings. The first kappa shape index (κ1) is 12.4. The Balaban J connectivity index is 2.61. The molecule has 88 valence electrons. The number of amides is 1. The third-order valence-corrected chi connectivity index (χ3v) is 1.87. The van der Waals surface area contributed by atoms with Gasteiger partial charge in [-0.1, -0.05) is 13.8 Å². The SMILES string of the molecule is CC(C)C(=O)Nc1ccc(OC(F)F)cc1. The fourth-order valence-corrected chi connectivity index (χ4v) is 1.01. The third-order valence-electron chi connectivity index (χ3n) is 1.87. The molecule has 0 unspecified atom stereocenters. The van der Waals surface area contributed by atoms with E-state index in [-0.39, 0.29) is 17.6 Å². The maximum Gasteiger partial charge on any atom is 0.387 e. The standard InChI is InChI=1S/C11H13F2NO2/c1-7(2)10(15)14-8-3-5-9(6-4-8)16-11(12)13/h3-7,11H,1-2H3,(H,14,15). The summed E-state index contributed by atoms with van der Waals surface area (Å²) in [5.74, 6) is -0.183. The van der Waals surface area contributed by atoms with E-state index in [0.29, 0.717) is 5.69 Å². The highest BCUT2D eigenvalue weighted by Gasteiger charge is 2.07. The molecule has 1 N–H and O–H groups in total. The minimum atomic E-state index is -2.84. The summed E-state index contributed by atoms with van der Waals surface area (Å²) in [7, 11) is 0. The van der Waals surface area contributed by atoms with Gasteiger partial charge in [-0.05, 0) is 24.3 Å². The first-order chi connectivity index (χ1) is 7.49. The fraction of sp³-hybridized carbons (Fsp3) is 0.364. The lowest BCUT2D eigenvalue weighted by atomic mass is 10.2. The van der Waals surface area contributed by atoms with Gasteiger partial charge >= 0.3 is 6.61 Å². The van der Waals surface area contributed by atoms with E-state index in [0.717, 1.165) is 0 Å². The molecule has 1 amide bonds. The highest BCUT2D eigenvalue weighted by Crippen LogP contribution is 2.18. The van der Waals surface area contributed by atoms with Gasteiger partial charge in [0.05, 0.1) is 0 Å². The van der Waals surface area contributed by atoms with E-state index < -0.39 is 6.61 Å². The number of benzene rings is 1. The van der Waals surface area contributed by atoms with Crippen LogP contribution >= 0.6 is 0 Å². The Bertz CT molecular complexity index is 350. The van der Waals surface area contributed by atoms with E-state index in [9.17, 15) is 13.6 Å². The van der Waals surface area contributed by atoms with E-state index in [4.69, 9.17) is 0 Å². The Morgan fingerprint density at radius 3 is 2.25 bits per heavy atom. The van der Waals surface area contributed by atoms with Crippen LogP contribution in [0.4, 0.5) is 14.5 Å². The number of carbonyl (C=O) groups excluding carboxylic acids is 1. The molecular formula is C11H13F2NO2. The number of halogens is 2. The van der Waals surface area contributed by atoms with Gasteiger partial charge in [-0.25, -0.2) is 0 Å². The number of nitrogens with one attached hydrogen (secondary N) is 1. The van der Waals surface area contributed by atoms with Crippen LogP contribution in [0.5, 0.6) is 5.75 Å². The molecular weight excluding hydrogens is 216 g/mol. The number of alkyl halides is 2. The number of anilines is 1. The van der Waals surface area contributed by atoms with Crippen molar-refractivity contribution in [3.63, 3.8) is 0 Å². The summed E-state index contributed by atoms with van der Waals surface area (Å²) in [5, 5.41) is 2.64. The highest BCUT2D eigenvalue weighted by molar-refractivity contribution is 5.92. The average Bonchev–Trinajstić information content (AvgIpc) is 2.20. The minimum Gasteiger partial charge on any atom is -0.435 e. The van der Waals surface area contributed by atoms with Crippen molar-refractivity contribution in [1.29, 1.82) is 0 Å². The number of carbonyl (C=O) groups is 1. The van der Waals surface area contributed by atoms with Crippen molar-refractivity contribution in [2.45, 2.75) is 20.5 Å². The van der Waals surface area contributed by atoms with Crippen molar-refractivity contribution in [1.82, 2.24) is 0 Å². The van der Waals surface area contributed by atoms with Crippen molar-refractivity contribution < 1.29 is 18.3 Å². The van der Waals surface area contributed by atoms with Gasteiger partial charge in [0, 0.05) is 11.6 Å². The molecule has 3 nitrogen and oxygen atoms in total. The molecule has 0 saturated carbocycles. The number of ether oxygens (including phenoxy) is 1. The zero-order valence-electron chi connectivity index (χ0n) is 9.04. The van der Waals surface area contributed by atoms with Crippen LogP contribution in [0.1, 0.15) is 13.8 Å². The summed E-state index contributed by atoms with van der Waals surface area (Å²) in [6.07, 6.45) is 0. The van der Waals surface area contributed by atoms with Gasteiger partial charge in [0.15, 0.2) is 0 Å². The zero-order chi connectivity index (χ0) is 12.1.